The highest BCUT2D eigenvalue weighted by Gasteiger charge is 2.07. The molecule has 2 rings (SSSR count). The molecule has 0 aliphatic rings. The molecule has 0 aromatic carbocycles. The molecule has 0 fully saturated rings. The van der Waals surface area contributed by atoms with Gasteiger partial charge in [0.05, 0.1) is 6.20 Å². The second-order valence-electron chi connectivity index (χ2n) is 2.62. The highest BCUT2D eigenvalue weighted by molar-refractivity contribution is 5.59. The Morgan fingerprint density at radius 1 is 1.31 bits per heavy atom. The van der Waals surface area contributed by atoms with Crippen LogP contribution in [0.1, 0.15) is 5.56 Å². The Bertz CT molecular complexity index is 383. The van der Waals surface area contributed by atoms with Crippen molar-refractivity contribution in [2.45, 2.75) is 6.54 Å². The average Bonchev–Trinajstić information content (AvgIpc) is 2.67. The zero-order valence-corrected chi connectivity index (χ0v) is 6.97. The van der Waals surface area contributed by atoms with Crippen molar-refractivity contribution in [2.24, 2.45) is 5.73 Å². The van der Waals surface area contributed by atoms with Gasteiger partial charge in [0, 0.05) is 30.1 Å². The zero-order chi connectivity index (χ0) is 9.10. The molecule has 0 bridgehead atoms. The molecule has 0 saturated heterocycles. The first-order valence-electron chi connectivity index (χ1n) is 3.96. The first-order valence-corrected chi connectivity index (χ1v) is 3.96. The molecule has 2 aromatic heterocycles. The Kier molecular flexibility index (Phi) is 2.06. The Hall–Kier alpha value is -1.68. The van der Waals surface area contributed by atoms with Crippen molar-refractivity contribution in [1.82, 2.24) is 10.1 Å². The molecule has 0 aliphatic heterocycles. The lowest BCUT2D eigenvalue weighted by molar-refractivity contribution is 0.431. The van der Waals surface area contributed by atoms with Gasteiger partial charge in [-0.05, 0) is 12.1 Å². The molecular weight excluding hydrogens is 166 g/mol. The third-order valence-electron chi connectivity index (χ3n) is 1.81. The molecule has 0 amide bonds. The van der Waals surface area contributed by atoms with Gasteiger partial charge in [0.15, 0.2) is 5.76 Å². The number of pyridine rings is 1. The topological polar surface area (TPSA) is 64.9 Å². The fourth-order valence-corrected chi connectivity index (χ4v) is 1.15. The fourth-order valence-electron chi connectivity index (χ4n) is 1.15. The Labute approximate surface area is 75.4 Å². The number of hydrogen-bond acceptors (Lipinski definition) is 4. The van der Waals surface area contributed by atoms with Crippen molar-refractivity contribution in [2.75, 3.05) is 0 Å². The molecule has 0 spiro atoms. The molecule has 0 aliphatic carbocycles. The van der Waals surface area contributed by atoms with Crippen LogP contribution in [-0.2, 0) is 6.54 Å². The minimum absolute atomic E-state index is 0.432. The number of rotatable bonds is 2. The van der Waals surface area contributed by atoms with Crippen LogP contribution in [0.25, 0.3) is 11.3 Å². The lowest BCUT2D eigenvalue weighted by Crippen LogP contribution is -1.95. The SMILES string of the molecule is NCc1cnoc1-c1ccncc1. The summed E-state index contributed by atoms with van der Waals surface area (Å²) in [6, 6.07) is 3.72. The van der Waals surface area contributed by atoms with Gasteiger partial charge in [0.2, 0.25) is 0 Å². The highest BCUT2D eigenvalue weighted by Crippen LogP contribution is 2.21. The molecule has 4 heteroatoms. The first kappa shape index (κ1) is 7.94. The van der Waals surface area contributed by atoms with E-state index in [4.69, 9.17) is 10.3 Å². The summed E-state index contributed by atoms with van der Waals surface area (Å²) in [4.78, 5) is 3.92. The van der Waals surface area contributed by atoms with Crippen LogP contribution in [0.4, 0.5) is 0 Å². The van der Waals surface area contributed by atoms with E-state index in [0.29, 0.717) is 6.54 Å². The van der Waals surface area contributed by atoms with Gasteiger partial charge in [-0.25, -0.2) is 0 Å². The minimum Gasteiger partial charge on any atom is -0.356 e. The number of nitrogens with zero attached hydrogens (tertiary/aromatic N) is 2. The van der Waals surface area contributed by atoms with E-state index >= 15 is 0 Å². The van der Waals surface area contributed by atoms with Crippen molar-refractivity contribution in [3.63, 3.8) is 0 Å². The lowest BCUT2D eigenvalue weighted by Gasteiger charge is -1.96. The van der Waals surface area contributed by atoms with Crippen molar-refractivity contribution >= 4 is 0 Å². The van der Waals surface area contributed by atoms with Gasteiger partial charge >= 0.3 is 0 Å². The Morgan fingerprint density at radius 3 is 2.77 bits per heavy atom. The van der Waals surface area contributed by atoms with Gasteiger partial charge in [-0.1, -0.05) is 5.16 Å². The molecule has 2 N–H and O–H groups in total. The maximum absolute atomic E-state index is 5.52. The zero-order valence-electron chi connectivity index (χ0n) is 6.97. The lowest BCUT2D eigenvalue weighted by atomic mass is 10.1. The van der Waals surface area contributed by atoms with E-state index in [2.05, 4.69) is 10.1 Å². The Balaban J connectivity index is 2.47. The van der Waals surface area contributed by atoms with Crippen LogP contribution >= 0.6 is 0 Å². The van der Waals surface area contributed by atoms with Crippen LogP contribution in [0.3, 0.4) is 0 Å². The summed E-state index contributed by atoms with van der Waals surface area (Å²) in [7, 11) is 0. The monoisotopic (exact) mass is 175 g/mol. The van der Waals surface area contributed by atoms with E-state index in [1.807, 2.05) is 12.1 Å². The third kappa shape index (κ3) is 1.43. The smallest absolute Gasteiger partial charge is 0.171 e. The summed E-state index contributed by atoms with van der Waals surface area (Å²) in [5, 5.41) is 3.69. The van der Waals surface area contributed by atoms with Crippen LogP contribution < -0.4 is 5.73 Å². The van der Waals surface area contributed by atoms with Gasteiger partial charge in [-0.2, -0.15) is 0 Å². The molecule has 0 atom stereocenters. The molecule has 66 valence electrons. The molecule has 0 unspecified atom stereocenters. The van der Waals surface area contributed by atoms with Crippen molar-refractivity contribution in [3.05, 3.63) is 36.3 Å². The van der Waals surface area contributed by atoms with E-state index in [1.165, 1.54) is 0 Å². The molecule has 2 aromatic rings. The normalized spacial score (nSPS) is 10.2. The van der Waals surface area contributed by atoms with Crippen molar-refractivity contribution in [3.8, 4) is 11.3 Å². The van der Waals surface area contributed by atoms with E-state index in [1.54, 1.807) is 18.6 Å². The van der Waals surface area contributed by atoms with E-state index in [0.717, 1.165) is 16.9 Å². The van der Waals surface area contributed by atoms with Crippen LogP contribution in [0.2, 0.25) is 0 Å². The number of nitrogens with two attached hydrogens (primary N) is 1. The first-order chi connectivity index (χ1) is 6.42. The van der Waals surface area contributed by atoms with E-state index in [9.17, 15) is 0 Å². The van der Waals surface area contributed by atoms with Gasteiger partial charge in [0.1, 0.15) is 0 Å². The Morgan fingerprint density at radius 2 is 2.08 bits per heavy atom. The summed E-state index contributed by atoms with van der Waals surface area (Å²) in [5.41, 5.74) is 7.38. The molecule has 0 radical (unpaired) electrons. The molecule has 2 heterocycles. The van der Waals surface area contributed by atoms with E-state index in [-0.39, 0.29) is 0 Å². The fraction of sp³-hybridized carbons (Fsp3) is 0.111. The number of aromatic nitrogens is 2. The van der Waals surface area contributed by atoms with Gasteiger partial charge in [-0.15, -0.1) is 0 Å². The van der Waals surface area contributed by atoms with Crippen molar-refractivity contribution < 1.29 is 4.52 Å². The highest BCUT2D eigenvalue weighted by atomic mass is 16.5. The standard InChI is InChI=1S/C9H9N3O/c10-5-8-6-12-13-9(8)7-1-3-11-4-2-7/h1-4,6H,5,10H2. The summed E-state index contributed by atoms with van der Waals surface area (Å²) in [5.74, 6) is 0.727. The quantitative estimate of drug-likeness (QED) is 0.744. The van der Waals surface area contributed by atoms with Crippen LogP contribution in [0, 0.1) is 0 Å². The number of hydrogen-bond donors (Lipinski definition) is 1. The second kappa shape index (κ2) is 3.37. The van der Waals surface area contributed by atoms with Gasteiger partial charge < -0.3 is 10.3 Å². The summed E-state index contributed by atoms with van der Waals surface area (Å²) in [6.07, 6.45) is 5.05. The maximum atomic E-state index is 5.52. The summed E-state index contributed by atoms with van der Waals surface area (Å²) in [6.45, 7) is 0.432. The summed E-state index contributed by atoms with van der Waals surface area (Å²) < 4.78 is 5.08. The predicted octanol–water partition coefficient (Wildman–Crippen LogP) is 1.20. The molecule has 4 nitrogen and oxygen atoms in total. The van der Waals surface area contributed by atoms with Gasteiger partial charge in [0.25, 0.3) is 0 Å². The molecule has 0 saturated carbocycles. The second-order valence-corrected chi connectivity index (χ2v) is 2.62. The van der Waals surface area contributed by atoms with Crippen LogP contribution in [0.5, 0.6) is 0 Å². The van der Waals surface area contributed by atoms with Crippen molar-refractivity contribution in [1.29, 1.82) is 0 Å². The van der Waals surface area contributed by atoms with Gasteiger partial charge in [-0.3, -0.25) is 4.98 Å². The maximum Gasteiger partial charge on any atom is 0.171 e. The van der Waals surface area contributed by atoms with E-state index < -0.39 is 0 Å². The summed E-state index contributed by atoms with van der Waals surface area (Å²) >= 11 is 0. The molecule has 13 heavy (non-hydrogen) atoms. The average molecular weight is 175 g/mol. The third-order valence-corrected chi connectivity index (χ3v) is 1.81. The largest absolute Gasteiger partial charge is 0.356 e. The van der Waals surface area contributed by atoms with Crippen LogP contribution in [-0.4, -0.2) is 10.1 Å². The molecular formula is C9H9N3O. The minimum atomic E-state index is 0.432. The predicted molar refractivity (Wildman–Crippen MR) is 47.6 cm³/mol. The van der Waals surface area contributed by atoms with Crippen LogP contribution in [0.15, 0.2) is 35.2 Å².